The SMILES string of the molecule is CC(O)Cc1nc(C2(C)CCCO2)no1. The summed E-state index contributed by atoms with van der Waals surface area (Å²) in [5.41, 5.74) is -0.402. The Morgan fingerprint density at radius 2 is 2.40 bits per heavy atom. The second-order valence-electron chi connectivity index (χ2n) is 4.25. The van der Waals surface area contributed by atoms with Crippen molar-refractivity contribution in [3.8, 4) is 0 Å². The third-order valence-corrected chi connectivity index (χ3v) is 2.63. The summed E-state index contributed by atoms with van der Waals surface area (Å²) in [5.74, 6) is 1.06. The highest BCUT2D eigenvalue weighted by molar-refractivity contribution is 5.01. The summed E-state index contributed by atoms with van der Waals surface area (Å²) in [5, 5.41) is 13.1. The van der Waals surface area contributed by atoms with E-state index in [9.17, 15) is 5.11 Å². The summed E-state index contributed by atoms with van der Waals surface area (Å²) in [4.78, 5) is 4.24. The largest absolute Gasteiger partial charge is 0.393 e. The fourth-order valence-corrected chi connectivity index (χ4v) is 1.76. The Morgan fingerprint density at radius 3 is 3.00 bits per heavy atom. The van der Waals surface area contributed by atoms with E-state index >= 15 is 0 Å². The van der Waals surface area contributed by atoms with Gasteiger partial charge in [0.05, 0.1) is 12.5 Å². The number of ether oxygens (including phenoxy) is 1. The predicted molar refractivity (Wildman–Crippen MR) is 52.2 cm³/mol. The molecule has 1 aromatic rings. The van der Waals surface area contributed by atoms with Crippen molar-refractivity contribution in [1.29, 1.82) is 0 Å². The van der Waals surface area contributed by atoms with Gasteiger partial charge in [-0.25, -0.2) is 0 Å². The average Bonchev–Trinajstić information content (AvgIpc) is 2.74. The van der Waals surface area contributed by atoms with Gasteiger partial charge in [-0.05, 0) is 26.7 Å². The number of aromatic nitrogens is 2. The van der Waals surface area contributed by atoms with Crippen LogP contribution in [0.25, 0.3) is 0 Å². The molecule has 1 aliphatic heterocycles. The van der Waals surface area contributed by atoms with E-state index in [2.05, 4.69) is 10.1 Å². The summed E-state index contributed by atoms with van der Waals surface area (Å²) >= 11 is 0. The topological polar surface area (TPSA) is 68.4 Å². The summed E-state index contributed by atoms with van der Waals surface area (Å²) in [6.07, 6.45) is 1.87. The Bertz CT molecular complexity index is 329. The quantitative estimate of drug-likeness (QED) is 0.810. The number of aliphatic hydroxyl groups excluding tert-OH is 1. The third-order valence-electron chi connectivity index (χ3n) is 2.63. The standard InChI is InChI=1S/C10H16N2O3/c1-7(13)6-8-11-9(12-15-8)10(2)4-3-5-14-10/h7,13H,3-6H2,1-2H3. The molecule has 0 amide bonds. The van der Waals surface area contributed by atoms with Crippen molar-refractivity contribution in [3.63, 3.8) is 0 Å². The molecule has 84 valence electrons. The zero-order valence-corrected chi connectivity index (χ0v) is 9.06. The maximum absolute atomic E-state index is 9.19. The van der Waals surface area contributed by atoms with Crippen LogP contribution in [0.1, 0.15) is 38.4 Å². The van der Waals surface area contributed by atoms with Crippen molar-refractivity contribution in [2.24, 2.45) is 0 Å². The van der Waals surface area contributed by atoms with Gasteiger partial charge in [-0.15, -0.1) is 0 Å². The van der Waals surface area contributed by atoms with Crippen LogP contribution in [0, 0.1) is 0 Å². The van der Waals surface area contributed by atoms with Gasteiger partial charge in [0.15, 0.2) is 0 Å². The van der Waals surface area contributed by atoms with Crippen molar-refractivity contribution >= 4 is 0 Å². The van der Waals surface area contributed by atoms with E-state index in [-0.39, 0.29) is 0 Å². The molecule has 5 nitrogen and oxygen atoms in total. The van der Waals surface area contributed by atoms with Gasteiger partial charge in [-0.1, -0.05) is 5.16 Å². The monoisotopic (exact) mass is 212 g/mol. The zero-order valence-electron chi connectivity index (χ0n) is 9.06. The predicted octanol–water partition coefficient (Wildman–Crippen LogP) is 1.02. The van der Waals surface area contributed by atoms with Crippen LogP contribution in [0.2, 0.25) is 0 Å². The van der Waals surface area contributed by atoms with Crippen LogP contribution < -0.4 is 0 Å². The Hall–Kier alpha value is -0.940. The van der Waals surface area contributed by atoms with Crippen molar-refractivity contribution in [2.75, 3.05) is 6.61 Å². The highest BCUT2D eigenvalue weighted by atomic mass is 16.5. The number of aliphatic hydroxyl groups is 1. The van der Waals surface area contributed by atoms with E-state index in [1.807, 2.05) is 6.92 Å². The molecule has 1 aliphatic rings. The summed E-state index contributed by atoms with van der Waals surface area (Å²) in [7, 11) is 0. The first kappa shape index (κ1) is 10.6. The Balaban J connectivity index is 2.12. The van der Waals surface area contributed by atoms with Crippen LogP contribution in [0.3, 0.4) is 0 Å². The Morgan fingerprint density at radius 1 is 1.60 bits per heavy atom. The fraction of sp³-hybridized carbons (Fsp3) is 0.800. The van der Waals surface area contributed by atoms with Gasteiger partial charge < -0.3 is 14.4 Å². The summed E-state index contributed by atoms with van der Waals surface area (Å²) < 4.78 is 10.6. The molecule has 2 atom stereocenters. The smallest absolute Gasteiger partial charge is 0.229 e. The van der Waals surface area contributed by atoms with Crippen LogP contribution >= 0.6 is 0 Å². The average molecular weight is 212 g/mol. The van der Waals surface area contributed by atoms with Crippen molar-refractivity contribution < 1.29 is 14.4 Å². The van der Waals surface area contributed by atoms with Crippen LogP contribution in [0.5, 0.6) is 0 Å². The normalized spacial score (nSPS) is 28.2. The maximum atomic E-state index is 9.19. The van der Waals surface area contributed by atoms with Gasteiger partial charge in [0, 0.05) is 6.61 Å². The van der Waals surface area contributed by atoms with Gasteiger partial charge in [0.2, 0.25) is 11.7 Å². The van der Waals surface area contributed by atoms with Crippen LogP contribution in [-0.4, -0.2) is 28.0 Å². The molecule has 2 heterocycles. The summed E-state index contributed by atoms with van der Waals surface area (Å²) in [6, 6.07) is 0. The molecule has 1 aromatic heterocycles. The number of hydrogen-bond donors (Lipinski definition) is 1. The van der Waals surface area contributed by atoms with E-state index < -0.39 is 11.7 Å². The minimum absolute atomic E-state index is 0.392. The lowest BCUT2D eigenvalue weighted by atomic mass is 10.0. The van der Waals surface area contributed by atoms with Crippen molar-refractivity contribution in [3.05, 3.63) is 11.7 Å². The van der Waals surface area contributed by atoms with Gasteiger partial charge in [0.1, 0.15) is 5.60 Å². The molecule has 5 heteroatoms. The van der Waals surface area contributed by atoms with Gasteiger partial charge >= 0.3 is 0 Å². The molecule has 0 aliphatic carbocycles. The van der Waals surface area contributed by atoms with Crippen LogP contribution in [0.15, 0.2) is 4.52 Å². The lowest BCUT2D eigenvalue weighted by Crippen LogP contribution is -2.21. The molecule has 0 spiro atoms. The Labute approximate surface area is 88.4 Å². The molecule has 1 saturated heterocycles. The first-order chi connectivity index (χ1) is 7.10. The van der Waals surface area contributed by atoms with E-state index in [0.29, 0.717) is 18.1 Å². The maximum Gasteiger partial charge on any atom is 0.229 e. The van der Waals surface area contributed by atoms with E-state index in [4.69, 9.17) is 9.26 Å². The molecular formula is C10H16N2O3. The number of hydrogen-bond acceptors (Lipinski definition) is 5. The minimum Gasteiger partial charge on any atom is -0.393 e. The zero-order chi connectivity index (χ0) is 10.9. The van der Waals surface area contributed by atoms with Gasteiger partial charge in [-0.3, -0.25) is 0 Å². The van der Waals surface area contributed by atoms with Gasteiger partial charge in [-0.2, -0.15) is 4.98 Å². The minimum atomic E-state index is -0.462. The highest BCUT2D eigenvalue weighted by Gasteiger charge is 2.36. The third kappa shape index (κ3) is 2.18. The Kier molecular flexibility index (Phi) is 2.75. The molecule has 2 rings (SSSR count). The number of nitrogens with zero attached hydrogens (tertiary/aromatic N) is 2. The second kappa shape index (κ2) is 3.90. The fourth-order valence-electron chi connectivity index (χ4n) is 1.76. The first-order valence-corrected chi connectivity index (χ1v) is 5.25. The molecule has 0 radical (unpaired) electrons. The first-order valence-electron chi connectivity index (χ1n) is 5.25. The second-order valence-corrected chi connectivity index (χ2v) is 4.25. The molecule has 1 fully saturated rings. The van der Waals surface area contributed by atoms with Gasteiger partial charge in [0.25, 0.3) is 0 Å². The number of rotatable bonds is 3. The van der Waals surface area contributed by atoms with E-state index in [1.165, 1.54) is 0 Å². The molecule has 2 unspecified atom stereocenters. The lowest BCUT2D eigenvalue weighted by molar-refractivity contribution is 0.00768. The molecule has 1 N–H and O–H groups in total. The molecule has 0 bridgehead atoms. The van der Waals surface area contributed by atoms with E-state index in [1.54, 1.807) is 6.92 Å². The molecule has 0 aromatic carbocycles. The van der Waals surface area contributed by atoms with Crippen LogP contribution in [0.4, 0.5) is 0 Å². The van der Waals surface area contributed by atoms with Crippen molar-refractivity contribution in [2.45, 2.75) is 44.8 Å². The van der Waals surface area contributed by atoms with Crippen molar-refractivity contribution in [1.82, 2.24) is 10.1 Å². The van der Waals surface area contributed by atoms with E-state index in [0.717, 1.165) is 19.4 Å². The van der Waals surface area contributed by atoms with Crippen LogP contribution in [-0.2, 0) is 16.8 Å². The molecule has 0 saturated carbocycles. The lowest BCUT2D eigenvalue weighted by Gasteiger charge is -2.17. The molecular weight excluding hydrogens is 196 g/mol. The highest BCUT2D eigenvalue weighted by Crippen LogP contribution is 2.33. The summed E-state index contributed by atoms with van der Waals surface area (Å²) in [6.45, 7) is 4.41. The molecule has 15 heavy (non-hydrogen) atoms.